The van der Waals surface area contributed by atoms with E-state index in [4.69, 9.17) is 0 Å². The Kier molecular flexibility index (Phi) is 5.22. The first-order valence-electron chi connectivity index (χ1n) is 6.26. The van der Waals surface area contributed by atoms with Gasteiger partial charge in [-0.2, -0.15) is 0 Å². The molecule has 1 rings (SSSR count). The molecule has 0 aromatic heterocycles. The van der Waals surface area contributed by atoms with Crippen molar-refractivity contribution < 1.29 is 4.79 Å². The minimum atomic E-state index is 0.246. The third-order valence-electron chi connectivity index (χ3n) is 3.14. The van der Waals surface area contributed by atoms with Crippen molar-refractivity contribution in [1.82, 2.24) is 15.1 Å². The Bertz CT molecular complexity index is 230. The van der Waals surface area contributed by atoms with Gasteiger partial charge in [0.05, 0.1) is 12.7 Å². The standard InChI is InChI=1S/C12H25N3O/c1-5-14(4)6-7-15-11(8-10(2)3)13-9-12(15)16/h10-11,13H,5-9H2,1-4H3. The van der Waals surface area contributed by atoms with E-state index >= 15 is 0 Å². The molecule has 0 aromatic rings. The molecule has 4 nitrogen and oxygen atoms in total. The highest BCUT2D eigenvalue weighted by atomic mass is 16.2. The molecule has 1 amide bonds. The van der Waals surface area contributed by atoms with E-state index in [-0.39, 0.29) is 12.1 Å². The van der Waals surface area contributed by atoms with Crippen molar-refractivity contribution in [3.05, 3.63) is 0 Å². The van der Waals surface area contributed by atoms with Crippen molar-refractivity contribution in [3.8, 4) is 0 Å². The van der Waals surface area contributed by atoms with Crippen molar-refractivity contribution in [2.45, 2.75) is 33.4 Å². The third kappa shape index (κ3) is 3.76. The molecule has 1 fully saturated rings. The van der Waals surface area contributed by atoms with Crippen LogP contribution in [-0.4, -0.2) is 55.1 Å². The highest BCUT2D eigenvalue weighted by Crippen LogP contribution is 2.13. The molecular formula is C12H25N3O. The van der Waals surface area contributed by atoms with Crippen LogP contribution in [0.4, 0.5) is 0 Å². The molecule has 0 aromatic carbocycles. The lowest BCUT2D eigenvalue weighted by Crippen LogP contribution is -2.42. The molecule has 94 valence electrons. The predicted molar refractivity (Wildman–Crippen MR) is 66.1 cm³/mol. The number of nitrogens with zero attached hydrogens (tertiary/aromatic N) is 2. The second kappa shape index (κ2) is 6.21. The lowest BCUT2D eigenvalue weighted by Gasteiger charge is -2.27. The fourth-order valence-electron chi connectivity index (χ4n) is 1.96. The van der Waals surface area contributed by atoms with Crippen LogP contribution >= 0.6 is 0 Å². The molecule has 0 bridgehead atoms. The molecular weight excluding hydrogens is 202 g/mol. The zero-order valence-electron chi connectivity index (χ0n) is 11.0. The summed E-state index contributed by atoms with van der Waals surface area (Å²) in [6.07, 6.45) is 1.29. The van der Waals surface area contributed by atoms with Crippen LogP contribution in [0.5, 0.6) is 0 Å². The van der Waals surface area contributed by atoms with Crippen molar-refractivity contribution in [1.29, 1.82) is 0 Å². The van der Waals surface area contributed by atoms with Gasteiger partial charge < -0.3 is 9.80 Å². The van der Waals surface area contributed by atoms with Crippen molar-refractivity contribution in [3.63, 3.8) is 0 Å². The molecule has 1 N–H and O–H groups in total. The fraction of sp³-hybridized carbons (Fsp3) is 0.917. The van der Waals surface area contributed by atoms with E-state index in [0.29, 0.717) is 12.5 Å². The van der Waals surface area contributed by atoms with Crippen LogP contribution in [0, 0.1) is 5.92 Å². The van der Waals surface area contributed by atoms with E-state index in [2.05, 4.69) is 38.0 Å². The van der Waals surface area contributed by atoms with Crippen LogP contribution in [0.15, 0.2) is 0 Å². The first-order valence-corrected chi connectivity index (χ1v) is 6.26. The first-order chi connectivity index (χ1) is 7.54. The molecule has 0 spiro atoms. The maximum absolute atomic E-state index is 11.7. The van der Waals surface area contributed by atoms with Gasteiger partial charge in [-0.1, -0.05) is 20.8 Å². The summed E-state index contributed by atoms with van der Waals surface area (Å²) in [5, 5.41) is 3.29. The van der Waals surface area contributed by atoms with E-state index < -0.39 is 0 Å². The summed E-state index contributed by atoms with van der Waals surface area (Å²) in [6, 6.07) is 0. The molecule has 4 heteroatoms. The average Bonchev–Trinajstić information content (AvgIpc) is 2.56. The van der Waals surface area contributed by atoms with E-state index in [9.17, 15) is 4.79 Å². The van der Waals surface area contributed by atoms with Crippen LogP contribution in [-0.2, 0) is 4.79 Å². The molecule has 0 saturated carbocycles. The second-order valence-corrected chi connectivity index (χ2v) is 5.01. The Balaban J connectivity index is 2.43. The fourth-order valence-corrected chi connectivity index (χ4v) is 1.96. The van der Waals surface area contributed by atoms with Crippen molar-refractivity contribution in [2.24, 2.45) is 5.92 Å². The Labute approximate surface area is 99.0 Å². The lowest BCUT2D eigenvalue weighted by atomic mass is 10.1. The summed E-state index contributed by atoms with van der Waals surface area (Å²) >= 11 is 0. The van der Waals surface area contributed by atoms with Gasteiger partial charge in [0.1, 0.15) is 0 Å². The van der Waals surface area contributed by atoms with Gasteiger partial charge in [0.25, 0.3) is 0 Å². The molecule has 1 aliphatic heterocycles. The van der Waals surface area contributed by atoms with E-state index in [1.807, 2.05) is 4.90 Å². The number of carbonyl (C=O) groups is 1. The molecule has 1 aliphatic rings. The number of hydrogen-bond acceptors (Lipinski definition) is 3. The Hall–Kier alpha value is -0.610. The summed E-state index contributed by atoms with van der Waals surface area (Å²) in [4.78, 5) is 15.9. The second-order valence-electron chi connectivity index (χ2n) is 5.01. The summed E-state index contributed by atoms with van der Waals surface area (Å²) in [7, 11) is 2.09. The van der Waals surface area contributed by atoms with Gasteiger partial charge in [0.2, 0.25) is 5.91 Å². The number of likely N-dealkylation sites (N-methyl/N-ethyl adjacent to an activating group) is 1. The van der Waals surface area contributed by atoms with Crippen LogP contribution < -0.4 is 5.32 Å². The Morgan fingerprint density at radius 3 is 2.81 bits per heavy atom. The van der Waals surface area contributed by atoms with Gasteiger partial charge in [0, 0.05) is 13.1 Å². The van der Waals surface area contributed by atoms with Crippen LogP contribution in [0.1, 0.15) is 27.2 Å². The lowest BCUT2D eigenvalue weighted by molar-refractivity contribution is -0.128. The quantitative estimate of drug-likeness (QED) is 0.727. The summed E-state index contributed by atoms with van der Waals surface area (Å²) < 4.78 is 0. The maximum Gasteiger partial charge on any atom is 0.237 e. The van der Waals surface area contributed by atoms with Gasteiger partial charge >= 0.3 is 0 Å². The smallest absolute Gasteiger partial charge is 0.237 e. The zero-order chi connectivity index (χ0) is 12.1. The summed E-state index contributed by atoms with van der Waals surface area (Å²) in [6.45, 7) is 9.86. The van der Waals surface area contributed by atoms with Crippen molar-refractivity contribution in [2.75, 3.05) is 33.2 Å². The number of rotatable bonds is 6. The maximum atomic E-state index is 11.7. The number of hydrogen-bond donors (Lipinski definition) is 1. The molecule has 1 atom stereocenters. The van der Waals surface area contributed by atoms with Crippen LogP contribution in [0.25, 0.3) is 0 Å². The monoisotopic (exact) mass is 227 g/mol. The van der Waals surface area contributed by atoms with Crippen LogP contribution in [0.2, 0.25) is 0 Å². The highest BCUT2D eigenvalue weighted by Gasteiger charge is 2.30. The average molecular weight is 227 g/mol. The number of amides is 1. The summed E-state index contributed by atoms with van der Waals surface area (Å²) in [5.41, 5.74) is 0. The van der Waals surface area contributed by atoms with Crippen LogP contribution in [0.3, 0.4) is 0 Å². The Morgan fingerprint density at radius 1 is 1.56 bits per heavy atom. The number of carbonyl (C=O) groups excluding carboxylic acids is 1. The minimum absolute atomic E-state index is 0.246. The van der Waals surface area contributed by atoms with Gasteiger partial charge in [0.15, 0.2) is 0 Å². The topological polar surface area (TPSA) is 35.6 Å². The molecule has 16 heavy (non-hydrogen) atoms. The largest absolute Gasteiger partial charge is 0.325 e. The molecule has 1 heterocycles. The normalized spacial score (nSPS) is 21.5. The SMILES string of the molecule is CCN(C)CCN1C(=O)CNC1CC(C)C. The molecule has 0 radical (unpaired) electrons. The Morgan fingerprint density at radius 2 is 2.25 bits per heavy atom. The predicted octanol–water partition coefficient (Wildman–Crippen LogP) is 0.742. The van der Waals surface area contributed by atoms with Gasteiger partial charge in [-0.15, -0.1) is 0 Å². The molecule has 0 aliphatic carbocycles. The van der Waals surface area contributed by atoms with E-state index in [0.717, 1.165) is 26.1 Å². The number of nitrogens with one attached hydrogen (secondary N) is 1. The van der Waals surface area contributed by atoms with Gasteiger partial charge in [-0.3, -0.25) is 10.1 Å². The molecule has 1 unspecified atom stereocenters. The van der Waals surface area contributed by atoms with Gasteiger partial charge in [-0.25, -0.2) is 0 Å². The van der Waals surface area contributed by atoms with E-state index in [1.54, 1.807) is 0 Å². The summed E-state index contributed by atoms with van der Waals surface area (Å²) in [5.74, 6) is 0.866. The third-order valence-corrected chi connectivity index (χ3v) is 3.14. The highest BCUT2D eigenvalue weighted by molar-refractivity contribution is 5.80. The van der Waals surface area contributed by atoms with Crippen molar-refractivity contribution >= 4 is 5.91 Å². The van der Waals surface area contributed by atoms with Gasteiger partial charge in [-0.05, 0) is 25.9 Å². The molecule has 1 saturated heterocycles. The zero-order valence-corrected chi connectivity index (χ0v) is 11.0. The minimum Gasteiger partial charge on any atom is -0.325 e. The van der Waals surface area contributed by atoms with E-state index in [1.165, 1.54) is 0 Å². The first kappa shape index (κ1) is 13.5.